The highest BCUT2D eigenvalue weighted by atomic mass is 16.5. The molecule has 2 rings (SSSR count). The van der Waals surface area contributed by atoms with E-state index in [0.717, 1.165) is 12.8 Å². The number of hydrogen-bond acceptors (Lipinski definition) is 2. The van der Waals surface area contributed by atoms with Gasteiger partial charge >= 0.3 is 0 Å². The topological polar surface area (TPSA) is 26.3 Å². The lowest BCUT2D eigenvalue weighted by atomic mass is 9.88. The van der Waals surface area contributed by atoms with Gasteiger partial charge in [-0.05, 0) is 12.8 Å². The van der Waals surface area contributed by atoms with Gasteiger partial charge in [-0.2, -0.15) is 0 Å². The van der Waals surface area contributed by atoms with E-state index in [1.54, 1.807) is 0 Å². The van der Waals surface area contributed by atoms with E-state index in [1.165, 1.54) is 5.57 Å². The Balaban J connectivity index is 2.23. The second-order valence-electron chi connectivity index (χ2n) is 3.83. The molecule has 1 unspecified atom stereocenters. The Bertz CT molecular complexity index is 230. The fourth-order valence-electron chi connectivity index (χ4n) is 2.03. The minimum atomic E-state index is -0.176. The maximum atomic E-state index is 11.4. The molecular formula is C10H14O2. The van der Waals surface area contributed by atoms with Crippen molar-refractivity contribution in [1.29, 1.82) is 0 Å². The molecule has 12 heavy (non-hydrogen) atoms. The fourth-order valence-corrected chi connectivity index (χ4v) is 2.03. The summed E-state index contributed by atoms with van der Waals surface area (Å²) in [7, 11) is 0. The van der Waals surface area contributed by atoms with E-state index < -0.39 is 0 Å². The van der Waals surface area contributed by atoms with Crippen molar-refractivity contribution in [2.24, 2.45) is 5.92 Å². The molecule has 2 bridgehead atoms. The zero-order valence-corrected chi connectivity index (χ0v) is 7.38. The van der Waals surface area contributed by atoms with E-state index >= 15 is 0 Å². The molecular weight excluding hydrogens is 152 g/mol. The van der Waals surface area contributed by atoms with E-state index in [1.807, 2.05) is 6.92 Å². The summed E-state index contributed by atoms with van der Waals surface area (Å²) in [6.45, 7) is 6.02. The lowest BCUT2D eigenvalue weighted by Gasteiger charge is -2.16. The van der Waals surface area contributed by atoms with Crippen LogP contribution in [0.5, 0.6) is 0 Å². The maximum absolute atomic E-state index is 11.4. The van der Waals surface area contributed by atoms with Gasteiger partial charge in [0.2, 0.25) is 0 Å². The molecule has 0 amide bonds. The molecule has 0 spiro atoms. The van der Waals surface area contributed by atoms with Gasteiger partial charge in [0.25, 0.3) is 0 Å². The Hall–Kier alpha value is -0.630. The Morgan fingerprint density at radius 2 is 2.33 bits per heavy atom. The van der Waals surface area contributed by atoms with Crippen LogP contribution in [0.3, 0.4) is 0 Å². The second-order valence-corrected chi connectivity index (χ2v) is 3.83. The monoisotopic (exact) mass is 166 g/mol. The van der Waals surface area contributed by atoms with Gasteiger partial charge in [0, 0.05) is 12.3 Å². The van der Waals surface area contributed by atoms with Crippen LogP contribution in [0.4, 0.5) is 0 Å². The molecule has 2 heterocycles. The van der Waals surface area contributed by atoms with Crippen molar-refractivity contribution in [1.82, 2.24) is 0 Å². The zero-order valence-electron chi connectivity index (χ0n) is 7.38. The summed E-state index contributed by atoms with van der Waals surface area (Å²) in [4.78, 5) is 11.4. The van der Waals surface area contributed by atoms with Crippen LogP contribution < -0.4 is 0 Å². The van der Waals surface area contributed by atoms with Crippen LogP contribution in [0.25, 0.3) is 0 Å². The van der Waals surface area contributed by atoms with Gasteiger partial charge in [-0.15, -0.1) is 0 Å². The summed E-state index contributed by atoms with van der Waals surface area (Å²) in [5, 5.41) is 0. The molecule has 0 aliphatic carbocycles. The minimum Gasteiger partial charge on any atom is -0.366 e. The molecule has 2 aliphatic heterocycles. The van der Waals surface area contributed by atoms with Crippen LogP contribution in [0, 0.1) is 5.92 Å². The van der Waals surface area contributed by atoms with Crippen LogP contribution in [-0.2, 0) is 9.53 Å². The van der Waals surface area contributed by atoms with Crippen LogP contribution in [0.1, 0.15) is 26.2 Å². The Morgan fingerprint density at radius 3 is 3.08 bits per heavy atom. The van der Waals surface area contributed by atoms with E-state index in [9.17, 15) is 4.79 Å². The van der Waals surface area contributed by atoms with Crippen molar-refractivity contribution in [3.8, 4) is 0 Å². The molecule has 2 saturated heterocycles. The number of ketones is 1. The highest BCUT2D eigenvalue weighted by Gasteiger charge is 2.40. The van der Waals surface area contributed by atoms with Gasteiger partial charge in [-0.25, -0.2) is 0 Å². The summed E-state index contributed by atoms with van der Waals surface area (Å²) in [6.07, 6.45) is 2.64. The van der Waals surface area contributed by atoms with Crippen LogP contribution >= 0.6 is 0 Å². The van der Waals surface area contributed by atoms with Crippen LogP contribution in [-0.4, -0.2) is 18.0 Å². The lowest BCUT2D eigenvalue weighted by molar-refractivity contribution is -0.123. The van der Waals surface area contributed by atoms with Crippen LogP contribution in [0.2, 0.25) is 0 Å². The molecule has 2 fully saturated rings. The predicted molar refractivity (Wildman–Crippen MR) is 45.8 cm³/mol. The summed E-state index contributed by atoms with van der Waals surface area (Å²) < 4.78 is 5.61. The third-order valence-corrected chi connectivity index (χ3v) is 2.97. The zero-order chi connectivity index (χ0) is 8.72. The Morgan fingerprint density at radius 1 is 1.58 bits per heavy atom. The molecule has 0 N–H and O–H groups in total. The van der Waals surface area contributed by atoms with Crippen LogP contribution in [0.15, 0.2) is 12.2 Å². The van der Waals surface area contributed by atoms with E-state index in [0.29, 0.717) is 6.42 Å². The lowest BCUT2D eigenvalue weighted by Crippen LogP contribution is -2.24. The molecule has 0 radical (unpaired) electrons. The highest BCUT2D eigenvalue weighted by molar-refractivity contribution is 5.86. The second kappa shape index (κ2) is 2.70. The molecule has 2 aliphatic rings. The largest absolute Gasteiger partial charge is 0.366 e. The van der Waals surface area contributed by atoms with Crippen molar-refractivity contribution < 1.29 is 9.53 Å². The standard InChI is InChI=1S/C10H14O2/c1-6-3-4-8-5-9(11)10(12-8)7(6)2/h7-8,10H,1,3-5H2,2H3/t7?,8-,10+/m1/s1. The summed E-state index contributed by atoms with van der Waals surface area (Å²) in [5.74, 6) is 0.498. The average molecular weight is 166 g/mol. The summed E-state index contributed by atoms with van der Waals surface area (Å²) in [5.41, 5.74) is 1.18. The van der Waals surface area contributed by atoms with Gasteiger partial charge in [-0.1, -0.05) is 19.1 Å². The van der Waals surface area contributed by atoms with Gasteiger partial charge in [0.15, 0.2) is 5.78 Å². The SMILES string of the molecule is C=C1CC[C@@H]2CC(=O)[C@@H](O2)C1C. The van der Waals surface area contributed by atoms with Crippen molar-refractivity contribution in [2.45, 2.75) is 38.4 Å². The Kier molecular flexibility index (Phi) is 1.80. The average Bonchev–Trinajstić information content (AvgIpc) is 2.35. The molecule has 0 aromatic rings. The molecule has 3 atom stereocenters. The van der Waals surface area contributed by atoms with Gasteiger partial charge in [-0.3, -0.25) is 4.79 Å². The van der Waals surface area contributed by atoms with Crippen molar-refractivity contribution >= 4 is 5.78 Å². The Labute approximate surface area is 72.6 Å². The van der Waals surface area contributed by atoms with E-state index in [-0.39, 0.29) is 23.9 Å². The highest BCUT2D eigenvalue weighted by Crippen LogP contribution is 2.34. The molecule has 2 heteroatoms. The number of carbonyl (C=O) groups excluding carboxylic acids is 1. The molecule has 2 nitrogen and oxygen atoms in total. The third kappa shape index (κ3) is 1.11. The quantitative estimate of drug-likeness (QED) is 0.512. The number of fused-ring (bicyclic) bond motifs is 2. The van der Waals surface area contributed by atoms with E-state index in [4.69, 9.17) is 4.74 Å². The smallest absolute Gasteiger partial charge is 0.164 e. The summed E-state index contributed by atoms with van der Waals surface area (Å²) in [6, 6.07) is 0. The molecule has 66 valence electrons. The number of carbonyl (C=O) groups is 1. The van der Waals surface area contributed by atoms with Crippen molar-refractivity contribution in [2.75, 3.05) is 0 Å². The minimum absolute atomic E-state index is 0.176. The molecule has 0 aromatic carbocycles. The summed E-state index contributed by atoms with van der Waals surface area (Å²) >= 11 is 0. The number of rotatable bonds is 0. The van der Waals surface area contributed by atoms with Gasteiger partial charge in [0.05, 0.1) is 6.10 Å². The first kappa shape index (κ1) is 7.99. The van der Waals surface area contributed by atoms with E-state index in [2.05, 4.69) is 6.58 Å². The van der Waals surface area contributed by atoms with Gasteiger partial charge < -0.3 is 4.74 Å². The first-order valence-electron chi connectivity index (χ1n) is 4.54. The van der Waals surface area contributed by atoms with Crippen molar-refractivity contribution in [3.63, 3.8) is 0 Å². The first-order valence-corrected chi connectivity index (χ1v) is 4.54. The first-order chi connectivity index (χ1) is 5.68. The maximum Gasteiger partial charge on any atom is 0.164 e. The molecule has 0 saturated carbocycles. The fraction of sp³-hybridized carbons (Fsp3) is 0.700. The van der Waals surface area contributed by atoms with Crippen molar-refractivity contribution in [3.05, 3.63) is 12.2 Å². The number of ether oxygens (including phenoxy) is 1. The molecule has 0 aromatic heterocycles. The number of hydrogen-bond donors (Lipinski definition) is 0. The third-order valence-electron chi connectivity index (χ3n) is 2.97. The normalized spacial score (nSPS) is 41.6. The number of Topliss-reactive ketones (excluding diaryl/α,β-unsaturated/α-hetero) is 1. The van der Waals surface area contributed by atoms with Gasteiger partial charge in [0.1, 0.15) is 6.10 Å². The predicted octanol–water partition coefficient (Wildman–Crippen LogP) is 1.70.